The van der Waals surface area contributed by atoms with E-state index in [1.807, 2.05) is 5.38 Å². The van der Waals surface area contributed by atoms with Gasteiger partial charge in [0.1, 0.15) is 18.0 Å². The summed E-state index contributed by atoms with van der Waals surface area (Å²) >= 11 is 5.31. The summed E-state index contributed by atoms with van der Waals surface area (Å²) in [7, 11) is 0. The van der Waals surface area contributed by atoms with Gasteiger partial charge in [-0.25, -0.2) is 4.79 Å². The zero-order chi connectivity index (χ0) is 15.8. The molecular formula is C12H14ClN3O5. The number of aromatic nitrogens is 2. The van der Waals surface area contributed by atoms with Gasteiger partial charge in [0.15, 0.2) is 6.23 Å². The summed E-state index contributed by atoms with van der Waals surface area (Å²) in [5, 5.41) is 31.7. The zero-order valence-electron chi connectivity index (χ0n) is 11.0. The molecule has 2 rings (SSSR count). The van der Waals surface area contributed by atoms with Crippen molar-refractivity contribution in [2.75, 3.05) is 12.3 Å². The molecule has 8 nitrogen and oxygen atoms in total. The molecular weight excluding hydrogens is 302 g/mol. The molecule has 5 N–H and O–H groups in total. The van der Waals surface area contributed by atoms with Crippen LogP contribution in [-0.2, 0) is 4.74 Å². The normalized spacial score (nSPS) is 31.8. The number of nitrogens with zero attached hydrogens (tertiary/aromatic N) is 2. The minimum atomic E-state index is -2.17. The van der Waals surface area contributed by atoms with Gasteiger partial charge in [0.2, 0.25) is 5.60 Å². The Balaban J connectivity index is 2.61. The number of halogens is 1. The molecule has 0 radical (unpaired) electrons. The van der Waals surface area contributed by atoms with Crippen molar-refractivity contribution in [2.24, 2.45) is 0 Å². The van der Waals surface area contributed by atoms with Crippen LogP contribution >= 0.6 is 11.6 Å². The molecule has 1 unspecified atom stereocenters. The summed E-state index contributed by atoms with van der Waals surface area (Å²) in [4.78, 5) is 15.5. The fourth-order valence-electron chi connectivity index (χ4n) is 2.30. The molecule has 1 aliphatic rings. The average Bonchev–Trinajstić information content (AvgIpc) is 2.63. The highest BCUT2D eigenvalue weighted by atomic mass is 35.5. The van der Waals surface area contributed by atoms with E-state index in [1.165, 1.54) is 6.07 Å². The lowest BCUT2D eigenvalue weighted by molar-refractivity contribution is -0.0773. The van der Waals surface area contributed by atoms with Gasteiger partial charge in [-0.15, -0.1) is 0 Å². The molecule has 9 heteroatoms. The maximum Gasteiger partial charge on any atom is 0.351 e. The van der Waals surface area contributed by atoms with Crippen molar-refractivity contribution in [3.05, 3.63) is 22.2 Å². The molecule has 21 heavy (non-hydrogen) atoms. The van der Waals surface area contributed by atoms with Crippen LogP contribution in [0.15, 0.2) is 10.9 Å². The molecule has 2 heterocycles. The van der Waals surface area contributed by atoms with Crippen LogP contribution in [-0.4, -0.2) is 49.3 Å². The van der Waals surface area contributed by atoms with E-state index in [1.54, 1.807) is 6.92 Å². The Morgan fingerprint density at radius 1 is 1.67 bits per heavy atom. The van der Waals surface area contributed by atoms with Gasteiger partial charge >= 0.3 is 5.69 Å². The van der Waals surface area contributed by atoms with Crippen LogP contribution < -0.4 is 11.4 Å². The number of hydrogen-bond acceptors (Lipinski definition) is 7. The smallest absolute Gasteiger partial charge is 0.351 e. The number of aliphatic hydroxyl groups excluding tert-OH is 2. The summed E-state index contributed by atoms with van der Waals surface area (Å²) < 4.78 is 6.35. The van der Waals surface area contributed by atoms with Crippen molar-refractivity contribution in [2.45, 2.75) is 31.0 Å². The average molecular weight is 316 g/mol. The van der Waals surface area contributed by atoms with Crippen LogP contribution in [0.3, 0.4) is 0 Å². The lowest BCUT2D eigenvalue weighted by Gasteiger charge is -2.27. The van der Waals surface area contributed by atoms with E-state index in [9.17, 15) is 20.1 Å². The molecule has 1 aromatic heterocycles. The predicted molar refractivity (Wildman–Crippen MR) is 73.2 cm³/mol. The monoisotopic (exact) mass is 315 g/mol. The minimum absolute atomic E-state index is 0.0120. The molecule has 114 valence electrons. The lowest BCUT2D eigenvalue weighted by Crippen LogP contribution is -2.48. The fraction of sp³-hybridized carbons (Fsp3) is 0.500. The van der Waals surface area contributed by atoms with Crippen molar-refractivity contribution in [3.63, 3.8) is 0 Å². The summed E-state index contributed by atoms with van der Waals surface area (Å²) in [5.41, 5.74) is 2.87. The van der Waals surface area contributed by atoms with Crippen molar-refractivity contribution >= 4 is 17.4 Å². The Morgan fingerprint density at radius 3 is 2.86 bits per heavy atom. The number of rotatable bonds is 2. The molecule has 0 saturated carbocycles. The van der Waals surface area contributed by atoms with E-state index in [-0.39, 0.29) is 5.82 Å². The number of nitrogens with two attached hydrogens (primary N) is 1. The van der Waals surface area contributed by atoms with Crippen LogP contribution in [0.25, 0.3) is 0 Å². The van der Waals surface area contributed by atoms with Gasteiger partial charge in [0.05, 0.1) is 6.61 Å². The van der Waals surface area contributed by atoms with Crippen LogP contribution in [0, 0.1) is 18.2 Å². The number of anilines is 1. The van der Waals surface area contributed by atoms with Crippen LogP contribution in [0.5, 0.6) is 0 Å². The third-order valence-corrected chi connectivity index (χ3v) is 3.41. The third kappa shape index (κ3) is 2.50. The first-order chi connectivity index (χ1) is 9.85. The van der Waals surface area contributed by atoms with E-state index in [2.05, 4.69) is 10.9 Å². The third-order valence-electron chi connectivity index (χ3n) is 3.31. The zero-order valence-corrected chi connectivity index (χ0v) is 11.8. The number of nitrogen functional groups attached to an aromatic ring is 1. The summed E-state index contributed by atoms with van der Waals surface area (Å²) in [6.45, 7) is 0.982. The van der Waals surface area contributed by atoms with Gasteiger partial charge in [-0.2, -0.15) is 4.98 Å². The van der Waals surface area contributed by atoms with Crippen LogP contribution in [0.4, 0.5) is 5.82 Å². The molecule has 1 aromatic rings. The highest BCUT2D eigenvalue weighted by Gasteiger charge is 2.56. The second-order valence-corrected chi connectivity index (χ2v) is 4.86. The van der Waals surface area contributed by atoms with Gasteiger partial charge < -0.3 is 25.8 Å². The SMILES string of the molecule is Cc1cc(N)nc(=O)n1[C@@H]1O[C@H](CO)C(O)[C@]1(O)C#CCl. The first kappa shape index (κ1) is 15.8. The summed E-state index contributed by atoms with van der Waals surface area (Å²) in [6, 6.07) is 1.40. The number of hydrogen-bond donors (Lipinski definition) is 4. The van der Waals surface area contributed by atoms with E-state index in [4.69, 9.17) is 22.1 Å². The Hall–Kier alpha value is -1.63. The molecule has 1 saturated heterocycles. The molecule has 0 spiro atoms. The summed E-state index contributed by atoms with van der Waals surface area (Å²) in [5.74, 6) is 2.23. The number of aliphatic hydroxyl groups is 3. The van der Waals surface area contributed by atoms with E-state index in [0.29, 0.717) is 5.69 Å². The van der Waals surface area contributed by atoms with Gasteiger partial charge in [0, 0.05) is 11.1 Å². The second kappa shape index (κ2) is 5.63. The molecule has 0 bridgehead atoms. The first-order valence-electron chi connectivity index (χ1n) is 6.00. The van der Waals surface area contributed by atoms with Crippen molar-refractivity contribution < 1.29 is 20.1 Å². The van der Waals surface area contributed by atoms with Gasteiger partial charge in [-0.3, -0.25) is 4.57 Å². The molecule has 0 amide bonds. The molecule has 4 atom stereocenters. The lowest BCUT2D eigenvalue weighted by atomic mass is 9.95. The highest BCUT2D eigenvalue weighted by Crippen LogP contribution is 2.38. The molecule has 1 aliphatic heterocycles. The van der Waals surface area contributed by atoms with Crippen molar-refractivity contribution in [1.29, 1.82) is 0 Å². The van der Waals surface area contributed by atoms with Crippen molar-refractivity contribution in [3.8, 4) is 11.3 Å². The Kier molecular flexibility index (Phi) is 4.22. The second-order valence-electron chi connectivity index (χ2n) is 4.67. The number of ether oxygens (including phenoxy) is 1. The van der Waals surface area contributed by atoms with Gasteiger partial charge in [-0.05, 0) is 30.5 Å². The van der Waals surface area contributed by atoms with E-state index in [0.717, 1.165) is 4.57 Å². The molecule has 0 aromatic carbocycles. The highest BCUT2D eigenvalue weighted by molar-refractivity contribution is 6.30. The van der Waals surface area contributed by atoms with E-state index < -0.39 is 36.3 Å². The summed E-state index contributed by atoms with van der Waals surface area (Å²) in [6.07, 6.45) is -4.06. The Morgan fingerprint density at radius 2 is 2.33 bits per heavy atom. The number of aryl methyl sites for hydroxylation is 1. The minimum Gasteiger partial charge on any atom is -0.394 e. The fourth-order valence-corrected chi connectivity index (χ4v) is 2.45. The predicted octanol–water partition coefficient (Wildman–Crippen LogP) is -1.68. The van der Waals surface area contributed by atoms with Crippen LogP contribution in [0.2, 0.25) is 0 Å². The maximum absolute atomic E-state index is 12.0. The molecule has 0 aliphatic carbocycles. The van der Waals surface area contributed by atoms with Gasteiger partial charge in [0.25, 0.3) is 0 Å². The van der Waals surface area contributed by atoms with Crippen molar-refractivity contribution in [1.82, 2.24) is 9.55 Å². The van der Waals surface area contributed by atoms with Gasteiger partial charge in [-0.1, -0.05) is 0 Å². The Bertz CT molecular complexity index is 667. The largest absolute Gasteiger partial charge is 0.394 e. The Labute approximate surface area is 124 Å². The first-order valence-corrected chi connectivity index (χ1v) is 6.38. The standard InChI is InChI=1S/C12H14ClN3O5/c1-6-4-8(14)15-11(19)16(6)10-12(20,2-3-13)9(18)7(5-17)21-10/h4,7,9-10,17-18,20H,5H2,1H3,(H2,14,15,19)/t7-,9?,10-,12-/m1/s1. The quantitative estimate of drug-likeness (QED) is 0.479. The van der Waals surface area contributed by atoms with E-state index >= 15 is 0 Å². The maximum atomic E-state index is 12.0. The topological polar surface area (TPSA) is 131 Å². The van der Waals surface area contributed by atoms with Crippen LogP contribution in [0.1, 0.15) is 11.9 Å². The molecule has 1 fully saturated rings.